The summed E-state index contributed by atoms with van der Waals surface area (Å²) < 4.78 is 0. The van der Waals surface area contributed by atoms with Crippen LogP contribution in [0, 0.1) is 38.5 Å². The number of rotatable bonds is 3. The van der Waals surface area contributed by atoms with Crippen molar-refractivity contribution in [1.29, 1.82) is 0 Å². The molecule has 0 saturated carbocycles. The Bertz CT molecular complexity index is 1240. The summed E-state index contributed by atoms with van der Waals surface area (Å²) >= 11 is 4.23. The normalized spacial score (nSPS) is 20.6. The molecule has 0 spiro atoms. The van der Waals surface area contributed by atoms with Crippen LogP contribution in [0.5, 0.6) is 0 Å². The van der Waals surface area contributed by atoms with Crippen molar-refractivity contribution in [2.75, 3.05) is 0 Å². The van der Waals surface area contributed by atoms with Gasteiger partial charge in [-0.25, -0.2) is 15.0 Å². The van der Waals surface area contributed by atoms with Gasteiger partial charge in [0.2, 0.25) is 0 Å². The predicted octanol–water partition coefficient (Wildman–Crippen LogP) is 5.68. The van der Waals surface area contributed by atoms with Crippen LogP contribution in [-0.4, -0.2) is 32.7 Å². The van der Waals surface area contributed by atoms with E-state index in [0.29, 0.717) is 32.1 Å². The van der Waals surface area contributed by atoms with Gasteiger partial charge in [-0.1, -0.05) is 41.5 Å². The molecule has 0 radical (unpaired) electrons. The molecule has 210 valence electrons. The molecule has 0 aliphatic carbocycles. The van der Waals surface area contributed by atoms with Gasteiger partial charge < -0.3 is 16.0 Å². The third-order valence-corrected chi connectivity index (χ3v) is 9.90. The summed E-state index contributed by atoms with van der Waals surface area (Å²) in [7, 11) is 0. The highest BCUT2D eigenvalue weighted by Crippen LogP contribution is 2.34. The topological polar surface area (TPSA) is 126 Å². The highest BCUT2D eigenvalue weighted by molar-refractivity contribution is 7.12. The highest BCUT2D eigenvalue weighted by Gasteiger charge is 2.32. The molecule has 6 bridgehead atoms. The van der Waals surface area contributed by atoms with Crippen LogP contribution in [0.4, 0.5) is 0 Å². The Hall–Kier alpha value is -2.70. The second kappa shape index (κ2) is 11.4. The van der Waals surface area contributed by atoms with Gasteiger partial charge in [-0.3, -0.25) is 14.4 Å². The number of aromatic nitrogens is 3. The van der Waals surface area contributed by atoms with Crippen molar-refractivity contribution >= 4 is 51.7 Å². The first-order valence-corrected chi connectivity index (χ1v) is 15.6. The molecule has 0 saturated heterocycles. The van der Waals surface area contributed by atoms with E-state index in [9.17, 15) is 14.4 Å². The van der Waals surface area contributed by atoms with Crippen LogP contribution in [0.1, 0.15) is 121 Å². The molecule has 3 amide bonds. The van der Waals surface area contributed by atoms with Gasteiger partial charge in [-0.05, 0) is 38.5 Å². The van der Waals surface area contributed by atoms with Gasteiger partial charge in [-0.15, -0.1) is 34.0 Å². The zero-order chi connectivity index (χ0) is 28.8. The molecule has 1 aliphatic heterocycles. The molecular formula is C27H36N6O3S3. The third-order valence-electron chi connectivity index (χ3n) is 6.74. The molecule has 3 N–H and O–H groups in total. The number of amides is 3. The summed E-state index contributed by atoms with van der Waals surface area (Å²) in [4.78, 5) is 56.8. The van der Waals surface area contributed by atoms with Crippen molar-refractivity contribution < 1.29 is 14.4 Å². The van der Waals surface area contributed by atoms with Crippen LogP contribution >= 0.6 is 34.0 Å². The average Bonchev–Trinajstić information content (AvgIpc) is 3.54. The van der Waals surface area contributed by atoms with Gasteiger partial charge in [0, 0.05) is 14.6 Å². The standard InChI is InChI=1S/C27H36N6O3S3/c1-10(2)16-25-31-20(13(7)37-25)23(35)29-18(12(5)6)27-33-21(15(9)39-27)24(36)30-17(11(3)4)26-32-19(14(8)38-26)22(34)28-16/h10-12,16-18H,1-9H3,(H,28,34)(H,29,35)(H,30,36)/t16-,17-,18-/m0/s1. The van der Waals surface area contributed by atoms with Crippen molar-refractivity contribution in [1.82, 2.24) is 30.9 Å². The van der Waals surface area contributed by atoms with E-state index in [1.165, 1.54) is 34.0 Å². The minimum Gasteiger partial charge on any atom is -0.341 e. The molecule has 9 nitrogen and oxygen atoms in total. The van der Waals surface area contributed by atoms with E-state index in [4.69, 9.17) is 15.0 Å². The van der Waals surface area contributed by atoms with Crippen LogP contribution in [0.15, 0.2) is 0 Å². The summed E-state index contributed by atoms with van der Waals surface area (Å²) in [6.45, 7) is 17.6. The number of thiazole rings is 3. The average molecular weight is 589 g/mol. The fourth-order valence-electron chi connectivity index (χ4n) is 4.45. The minimum absolute atomic E-state index is 0.0299. The lowest BCUT2D eigenvalue weighted by Crippen LogP contribution is -2.35. The lowest BCUT2D eigenvalue weighted by Gasteiger charge is -2.21. The third kappa shape index (κ3) is 5.92. The first-order chi connectivity index (χ1) is 18.3. The van der Waals surface area contributed by atoms with Crippen molar-refractivity contribution in [2.24, 2.45) is 17.8 Å². The smallest absolute Gasteiger partial charge is 0.271 e. The van der Waals surface area contributed by atoms with E-state index in [2.05, 4.69) is 16.0 Å². The second-order valence-electron chi connectivity index (χ2n) is 11.0. The lowest BCUT2D eigenvalue weighted by atomic mass is 10.0. The quantitative estimate of drug-likeness (QED) is 0.362. The number of aryl methyl sites for hydroxylation is 3. The number of hydrogen-bond donors (Lipinski definition) is 3. The lowest BCUT2D eigenvalue weighted by molar-refractivity contribution is 0.0917. The Morgan fingerprint density at radius 3 is 0.949 bits per heavy atom. The SMILES string of the molecule is Cc1sc2nc1C(=O)N[C@@H](C(C)C)c1nc(c(C)s1)C(=O)N[C@@H](C(C)C)c1nc(c(C)s1)C(=O)N[C@H]2C(C)C. The number of carbonyl (C=O) groups excluding carboxylic acids is 3. The summed E-state index contributed by atoms with van der Waals surface area (Å²) in [5, 5.41) is 11.4. The number of carbonyl (C=O) groups is 3. The van der Waals surface area contributed by atoms with Crippen molar-refractivity contribution in [2.45, 2.75) is 80.4 Å². The summed E-state index contributed by atoms with van der Waals surface area (Å²) in [6.07, 6.45) is 0. The summed E-state index contributed by atoms with van der Waals surface area (Å²) in [5.41, 5.74) is 0.999. The molecule has 3 aromatic heterocycles. The molecule has 0 fully saturated rings. The van der Waals surface area contributed by atoms with Gasteiger partial charge >= 0.3 is 0 Å². The molecular weight excluding hydrogens is 553 g/mol. The zero-order valence-corrected chi connectivity index (χ0v) is 26.2. The van der Waals surface area contributed by atoms with Gasteiger partial charge in [0.15, 0.2) is 0 Å². The number of nitrogens with one attached hydrogen (secondary N) is 3. The molecule has 0 aromatic carbocycles. The van der Waals surface area contributed by atoms with E-state index >= 15 is 0 Å². The van der Waals surface area contributed by atoms with Crippen molar-refractivity contribution in [3.8, 4) is 0 Å². The molecule has 3 atom stereocenters. The molecule has 0 unspecified atom stereocenters. The maximum atomic E-state index is 13.5. The predicted molar refractivity (Wildman–Crippen MR) is 156 cm³/mol. The molecule has 1 aliphatic rings. The van der Waals surface area contributed by atoms with Gasteiger partial charge in [0.25, 0.3) is 17.7 Å². The van der Waals surface area contributed by atoms with E-state index in [-0.39, 0.29) is 35.5 Å². The van der Waals surface area contributed by atoms with Crippen LogP contribution in [0.3, 0.4) is 0 Å². The summed E-state index contributed by atoms with van der Waals surface area (Å²) in [5.74, 6) is -0.821. The Kier molecular flexibility index (Phi) is 8.58. The molecule has 12 heteroatoms. The van der Waals surface area contributed by atoms with E-state index in [1.54, 1.807) is 0 Å². The van der Waals surface area contributed by atoms with Gasteiger partial charge in [-0.2, -0.15) is 0 Å². The summed E-state index contributed by atoms with van der Waals surface area (Å²) in [6, 6.07) is -1.18. The highest BCUT2D eigenvalue weighted by atomic mass is 32.1. The Morgan fingerprint density at radius 1 is 0.513 bits per heavy atom. The second-order valence-corrected chi connectivity index (χ2v) is 14.7. The van der Waals surface area contributed by atoms with Crippen LogP contribution in [-0.2, 0) is 0 Å². The fourth-order valence-corrected chi connectivity index (χ4v) is 7.88. The Balaban J connectivity index is 1.87. The Morgan fingerprint density at radius 2 is 0.744 bits per heavy atom. The molecule has 4 rings (SSSR count). The first-order valence-electron chi connectivity index (χ1n) is 13.1. The number of fused-ring (bicyclic) bond motifs is 6. The Labute approximate surface area is 241 Å². The van der Waals surface area contributed by atoms with Gasteiger partial charge in [0.05, 0.1) is 18.1 Å². The molecule has 39 heavy (non-hydrogen) atoms. The molecule has 4 heterocycles. The van der Waals surface area contributed by atoms with Crippen molar-refractivity contribution in [3.63, 3.8) is 0 Å². The number of nitrogens with zero attached hydrogens (tertiary/aromatic N) is 3. The van der Waals surface area contributed by atoms with Crippen LogP contribution in [0.2, 0.25) is 0 Å². The number of hydrogen-bond acceptors (Lipinski definition) is 9. The monoisotopic (exact) mass is 588 g/mol. The molecule has 3 aromatic rings. The van der Waals surface area contributed by atoms with E-state index < -0.39 is 18.1 Å². The fraction of sp³-hybridized carbons (Fsp3) is 0.556. The maximum absolute atomic E-state index is 13.5. The van der Waals surface area contributed by atoms with Gasteiger partial charge in [0.1, 0.15) is 32.1 Å². The zero-order valence-electron chi connectivity index (χ0n) is 23.8. The van der Waals surface area contributed by atoms with E-state index in [1.807, 2.05) is 62.3 Å². The largest absolute Gasteiger partial charge is 0.341 e. The van der Waals surface area contributed by atoms with E-state index in [0.717, 1.165) is 14.6 Å². The van der Waals surface area contributed by atoms with Crippen LogP contribution < -0.4 is 16.0 Å². The minimum atomic E-state index is -0.392. The first kappa shape index (κ1) is 29.3. The maximum Gasteiger partial charge on any atom is 0.271 e. The van der Waals surface area contributed by atoms with Crippen molar-refractivity contribution in [3.05, 3.63) is 46.7 Å². The van der Waals surface area contributed by atoms with Crippen LogP contribution in [0.25, 0.3) is 0 Å².